The Kier molecular flexibility index (Phi) is 4.88. The molecule has 0 atom stereocenters. The van der Waals surface area contributed by atoms with Crippen molar-refractivity contribution < 1.29 is 14.4 Å². The molecular weight excluding hydrogens is 340 g/mol. The highest BCUT2D eigenvalue weighted by molar-refractivity contribution is 5.42. The molecule has 1 heterocycles. The Morgan fingerprint density at radius 1 is 0.808 bits per heavy atom. The molecule has 3 aromatic rings. The number of hydrogen-bond donors (Lipinski definition) is 0. The van der Waals surface area contributed by atoms with Crippen LogP contribution in [0.4, 0.5) is 17.2 Å². The van der Waals surface area contributed by atoms with Crippen molar-refractivity contribution in [3.8, 4) is 0 Å². The van der Waals surface area contributed by atoms with Crippen molar-refractivity contribution >= 4 is 17.2 Å². The van der Waals surface area contributed by atoms with Crippen LogP contribution in [0.15, 0.2) is 65.4 Å². The van der Waals surface area contributed by atoms with E-state index in [0.29, 0.717) is 18.9 Å². The molecule has 9 nitrogen and oxygen atoms in total. The second kappa shape index (κ2) is 7.43. The van der Waals surface area contributed by atoms with Crippen molar-refractivity contribution in [2.75, 3.05) is 4.90 Å². The standard InChI is InChI=1S/C17H14N4O5/c22-20(23)15-5-1-13(2-6-15)11-19(17-9-10-26-18-17)12-14-3-7-16(8-4-14)21(24)25/h1-10H,11-12H2. The lowest BCUT2D eigenvalue weighted by molar-refractivity contribution is -0.385. The fraction of sp³-hybridized carbons (Fsp3) is 0.118. The fourth-order valence-corrected chi connectivity index (χ4v) is 2.47. The Hall–Kier alpha value is -3.75. The molecule has 0 aliphatic heterocycles. The Morgan fingerprint density at radius 3 is 1.62 bits per heavy atom. The molecule has 0 unspecified atom stereocenters. The Balaban J connectivity index is 1.79. The predicted molar refractivity (Wildman–Crippen MR) is 92.6 cm³/mol. The van der Waals surface area contributed by atoms with E-state index < -0.39 is 9.85 Å². The molecule has 0 spiro atoms. The van der Waals surface area contributed by atoms with Crippen LogP contribution >= 0.6 is 0 Å². The van der Waals surface area contributed by atoms with E-state index in [-0.39, 0.29) is 11.4 Å². The van der Waals surface area contributed by atoms with Gasteiger partial charge in [0.05, 0.1) is 9.85 Å². The van der Waals surface area contributed by atoms with Gasteiger partial charge in [0, 0.05) is 43.4 Å². The van der Waals surface area contributed by atoms with Gasteiger partial charge >= 0.3 is 0 Å². The van der Waals surface area contributed by atoms with Gasteiger partial charge in [-0.05, 0) is 11.1 Å². The van der Waals surface area contributed by atoms with E-state index in [4.69, 9.17) is 4.52 Å². The Morgan fingerprint density at radius 2 is 1.27 bits per heavy atom. The molecule has 3 rings (SSSR count). The first kappa shape index (κ1) is 17.1. The van der Waals surface area contributed by atoms with Gasteiger partial charge in [-0.1, -0.05) is 29.4 Å². The third-order valence-electron chi connectivity index (χ3n) is 3.79. The number of rotatable bonds is 7. The Bertz CT molecular complexity index is 832. The molecule has 0 aliphatic rings. The van der Waals surface area contributed by atoms with Gasteiger partial charge in [0.15, 0.2) is 5.82 Å². The average Bonchev–Trinajstić information content (AvgIpc) is 3.16. The van der Waals surface area contributed by atoms with Crippen molar-refractivity contribution in [2.24, 2.45) is 0 Å². The van der Waals surface area contributed by atoms with Crippen LogP contribution in [0.1, 0.15) is 11.1 Å². The highest BCUT2D eigenvalue weighted by Gasteiger charge is 2.13. The molecule has 0 bridgehead atoms. The lowest BCUT2D eigenvalue weighted by Crippen LogP contribution is -2.22. The molecule has 0 aliphatic carbocycles. The molecule has 0 saturated carbocycles. The van der Waals surface area contributed by atoms with E-state index in [2.05, 4.69) is 5.16 Å². The molecule has 0 fully saturated rings. The zero-order valence-electron chi connectivity index (χ0n) is 13.5. The minimum atomic E-state index is -0.448. The van der Waals surface area contributed by atoms with Gasteiger partial charge in [-0.25, -0.2) is 0 Å². The van der Waals surface area contributed by atoms with Crippen molar-refractivity contribution in [1.29, 1.82) is 0 Å². The maximum Gasteiger partial charge on any atom is 0.269 e. The van der Waals surface area contributed by atoms with Gasteiger partial charge in [0.1, 0.15) is 6.26 Å². The van der Waals surface area contributed by atoms with Gasteiger partial charge in [-0.2, -0.15) is 0 Å². The maximum atomic E-state index is 10.8. The van der Waals surface area contributed by atoms with Gasteiger partial charge < -0.3 is 9.42 Å². The van der Waals surface area contributed by atoms with Crippen LogP contribution in [0.25, 0.3) is 0 Å². The maximum absolute atomic E-state index is 10.8. The lowest BCUT2D eigenvalue weighted by Gasteiger charge is -2.22. The molecular formula is C17H14N4O5. The quantitative estimate of drug-likeness (QED) is 0.469. The zero-order valence-corrected chi connectivity index (χ0v) is 13.5. The van der Waals surface area contributed by atoms with Crippen LogP contribution in [0, 0.1) is 20.2 Å². The van der Waals surface area contributed by atoms with Crippen LogP contribution < -0.4 is 4.90 Å². The summed E-state index contributed by atoms with van der Waals surface area (Å²) in [5.41, 5.74) is 1.77. The van der Waals surface area contributed by atoms with E-state index in [1.807, 2.05) is 4.90 Å². The SMILES string of the molecule is O=[N+]([O-])c1ccc(CN(Cc2ccc([N+](=O)[O-])cc2)c2ccon2)cc1. The van der Waals surface area contributed by atoms with Crippen LogP contribution in [0.3, 0.4) is 0 Å². The second-order valence-electron chi connectivity index (χ2n) is 5.56. The molecule has 2 aromatic carbocycles. The van der Waals surface area contributed by atoms with E-state index in [1.165, 1.54) is 30.5 Å². The molecule has 0 N–H and O–H groups in total. The summed E-state index contributed by atoms with van der Waals surface area (Å²) in [6.07, 6.45) is 1.45. The lowest BCUT2D eigenvalue weighted by atomic mass is 10.1. The summed E-state index contributed by atoms with van der Waals surface area (Å²) in [4.78, 5) is 22.5. The summed E-state index contributed by atoms with van der Waals surface area (Å²) < 4.78 is 4.90. The molecule has 9 heteroatoms. The summed E-state index contributed by atoms with van der Waals surface area (Å²) in [5.74, 6) is 0.599. The molecule has 0 saturated heterocycles. The van der Waals surface area contributed by atoms with Crippen molar-refractivity contribution in [2.45, 2.75) is 13.1 Å². The third kappa shape index (κ3) is 4.01. The number of aromatic nitrogens is 1. The zero-order chi connectivity index (χ0) is 18.5. The number of nitro groups is 2. The van der Waals surface area contributed by atoms with E-state index >= 15 is 0 Å². The number of hydrogen-bond acceptors (Lipinski definition) is 7. The van der Waals surface area contributed by atoms with Gasteiger partial charge in [-0.3, -0.25) is 20.2 Å². The summed E-state index contributed by atoms with van der Waals surface area (Å²) in [5, 5.41) is 25.5. The minimum Gasteiger partial charge on any atom is -0.363 e. The molecule has 132 valence electrons. The first-order valence-corrected chi connectivity index (χ1v) is 7.65. The van der Waals surface area contributed by atoms with E-state index in [9.17, 15) is 20.2 Å². The van der Waals surface area contributed by atoms with Crippen LogP contribution in [0.5, 0.6) is 0 Å². The van der Waals surface area contributed by atoms with E-state index in [1.54, 1.807) is 30.3 Å². The Labute approximate surface area is 147 Å². The van der Waals surface area contributed by atoms with Gasteiger partial charge in [-0.15, -0.1) is 0 Å². The topological polar surface area (TPSA) is 116 Å². The number of non-ortho nitro benzene ring substituents is 2. The number of anilines is 1. The minimum absolute atomic E-state index is 0.0251. The monoisotopic (exact) mass is 354 g/mol. The van der Waals surface area contributed by atoms with Crippen molar-refractivity contribution in [1.82, 2.24) is 5.16 Å². The van der Waals surface area contributed by atoms with E-state index in [0.717, 1.165) is 11.1 Å². The highest BCUT2D eigenvalue weighted by Crippen LogP contribution is 2.21. The summed E-state index contributed by atoms with van der Waals surface area (Å²) in [6.45, 7) is 0.892. The van der Waals surface area contributed by atoms with Gasteiger partial charge in [0.25, 0.3) is 11.4 Å². The number of nitrogens with zero attached hydrogens (tertiary/aromatic N) is 4. The first-order valence-electron chi connectivity index (χ1n) is 7.65. The summed E-state index contributed by atoms with van der Waals surface area (Å²) >= 11 is 0. The van der Waals surface area contributed by atoms with Crippen molar-refractivity contribution in [3.05, 3.63) is 92.2 Å². The normalized spacial score (nSPS) is 10.5. The fourth-order valence-electron chi connectivity index (χ4n) is 2.47. The third-order valence-corrected chi connectivity index (χ3v) is 3.79. The summed E-state index contributed by atoms with van der Waals surface area (Å²) in [7, 11) is 0. The summed E-state index contributed by atoms with van der Waals surface area (Å²) in [6, 6.07) is 14.2. The number of benzene rings is 2. The van der Waals surface area contributed by atoms with Gasteiger partial charge in [0.2, 0.25) is 0 Å². The molecule has 26 heavy (non-hydrogen) atoms. The van der Waals surface area contributed by atoms with Crippen LogP contribution in [0.2, 0.25) is 0 Å². The molecule has 0 amide bonds. The average molecular weight is 354 g/mol. The molecule has 0 radical (unpaired) electrons. The van der Waals surface area contributed by atoms with Crippen LogP contribution in [-0.2, 0) is 13.1 Å². The molecule has 1 aromatic heterocycles. The second-order valence-corrected chi connectivity index (χ2v) is 5.56. The first-order chi connectivity index (χ1) is 12.5. The number of nitro benzene ring substituents is 2. The predicted octanol–water partition coefficient (Wildman–Crippen LogP) is 3.70. The van der Waals surface area contributed by atoms with Crippen LogP contribution in [-0.4, -0.2) is 15.0 Å². The smallest absolute Gasteiger partial charge is 0.269 e. The van der Waals surface area contributed by atoms with Crippen molar-refractivity contribution in [3.63, 3.8) is 0 Å². The largest absolute Gasteiger partial charge is 0.363 e. The highest BCUT2D eigenvalue weighted by atomic mass is 16.6.